The van der Waals surface area contributed by atoms with Crippen molar-refractivity contribution in [3.05, 3.63) is 57.1 Å². The summed E-state index contributed by atoms with van der Waals surface area (Å²) in [5.41, 5.74) is 5.28. The fourth-order valence-electron chi connectivity index (χ4n) is 1.67. The number of anilines is 2. The average Bonchev–Trinajstić information content (AvgIpc) is 2.37. The number of sulfonamides is 1. The van der Waals surface area contributed by atoms with Gasteiger partial charge < -0.3 is 5.73 Å². The maximum Gasteiger partial charge on any atom is 0.291 e. The number of hydrogen-bond acceptors (Lipinski definition) is 5. The van der Waals surface area contributed by atoms with Gasteiger partial charge in [-0.2, -0.15) is 0 Å². The van der Waals surface area contributed by atoms with Crippen molar-refractivity contribution in [2.75, 3.05) is 10.5 Å². The number of nitrogens with one attached hydrogen (secondary N) is 1. The van der Waals surface area contributed by atoms with Gasteiger partial charge in [-0.3, -0.25) is 14.8 Å². The SMILES string of the molecule is Nc1ccc(S(=O)(=O)Nc2cccc(Br)c2)c([N+](=O)[O-])c1. The zero-order valence-corrected chi connectivity index (χ0v) is 12.9. The summed E-state index contributed by atoms with van der Waals surface area (Å²) in [5.74, 6) is 0. The minimum absolute atomic E-state index is 0.114. The number of nitrogens with two attached hydrogens (primary N) is 1. The van der Waals surface area contributed by atoms with Crippen molar-refractivity contribution >= 4 is 43.0 Å². The lowest BCUT2D eigenvalue weighted by Gasteiger charge is -2.09. The molecule has 0 amide bonds. The van der Waals surface area contributed by atoms with Crippen molar-refractivity contribution in [1.82, 2.24) is 0 Å². The Kier molecular flexibility index (Phi) is 4.14. The quantitative estimate of drug-likeness (QED) is 0.486. The molecule has 3 N–H and O–H groups in total. The van der Waals surface area contributed by atoms with Crippen LogP contribution in [0.2, 0.25) is 0 Å². The van der Waals surface area contributed by atoms with Crippen LogP contribution in [0.25, 0.3) is 0 Å². The van der Waals surface area contributed by atoms with Gasteiger partial charge in [0.15, 0.2) is 4.90 Å². The van der Waals surface area contributed by atoms with Crippen LogP contribution < -0.4 is 10.5 Å². The smallest absolute Gasteiger partial charge is 0.291 e. The summed E-state index contributed by atoms with van der Waals surface area (Å²) in [7, 11) is -4.09. The second kappa shape index (κ2) is 5.70. The average molecular weight is 372 g/mol. The van der Waals surface area contributed by atoms with Crippen molar-refractivity contribution in [3.63, 3.8) is 0 Å². The summed E-state index contributed by atoms with van der Waals surface area (Å²) in [6, 6.07) is 9.85. The van der Waals surface area contributed by atoms with E-state index in [1.807, 2.05) is 0 Å². The van der Waals surface area contributed by atoms with Crippen LogP contribution in [-0.4, -0.2) is 13.3 Å². The highest BCUT2D eigenvalue weighted by molar-refractivity contribution is 9.10. The lowest BCUT2D eigenvalue weighted by molar-refractivity contribution is -0.387. The third-order valence-electron chi connectivity index (χ3n) is 2.55. The molecule has 21 heavy (non-hydrogen) atoms. The normalized spacial score (nSPS) is 11.1. The van der Waals surface area contributed by atoms with E-state index < -0.39 is 25.5 Å². The number of nitrogens with zero attached hydrogens (tertiary/aromatic N) is 1. The zero-order valence-electron chi connectivity index (χ0n) is 10.5. The Morgan fingerprint density at radius 1 is 1.19 bits per heavy atom. The molecule has 0 radical (unpaired) electrons. The summed E-state index contributed by atoms with van der Waals surface area (Å²) in [6.45, 7) is 0. The van der Waals surface area contributed by atoms with Crippen LogP contribution in [0.4, 0.5) is 17.1 Å². The summed E-state index contributed by atoms with van der Waals surface area (Å²) >= 11 is 3.21. The molecule has 0 spiro atoms. The standard InChI is InChI=1S/C12H10BrN3O4S/c13-8-2-1-3-10(6-8)15-21(19,20)12-5-4-9(14)7-11(12)16(17)18/h1-7,15H,14H2. The first-order chi connectivity index (χ1) is 9.79. The molecule has 0 bridgehead atoms. The van der Waals surface area contributed by atoms with Gasteiger partial charge in [-0.05, 0) is 30.3 Å². The van der Waals surface area contributed by atoms with E-state index in [0.29, 0.717) is 4.47 Å². The first kappa shape index (κ1) is 15.3. The Morgan fingerprint density at radius 2 is 1.90 bits per heavy atom. The van der Waals surface area contributed by atoms with E-state index in [9.17, 15) is 18.5 Å². The first-order valence-electron chi connectivity index (χ1n) is 5.62. The van der Waals surface area contributed by atoms with Crippen LogP contribution in [-0.2, 0) is 10.0 Å². The zero-order chi connectivity index (χ0) is 15.6. The van der Waals surface area contributed by atoms with Crippen molar-refractivity contribution in [2.24, 2.45) is 0 Å². The lowest BCUT2D eigenvalue weighted by Crippen LogP contribution is -2.15. The van der Waals surface area contributed by atoms with Gasteiger partial charge in [0.2, 0.25) is 0 Å². The molecule has 2 aromatic carbocycles. The highest BCUT2D eigenvalue weighted by atomic mass is 79.9. The molecular weight excluding hydrogens is 362 g/mol. The number of nitro benzene ring substituents is 1. The van der Waals surface area contributed by atoms with Crippen LogP contribution in [0.5, 0.6) is 0 Å². The van der Waals surface area contributed by atoms with Gasteiger partial charge in [-0.25, -0.2) is 8.42 Å². The molecule has 7 nitrogen and oxygen atoms in total. The highest BCUT2D eigenvalue weighted by Gasteiger charge is 2.26. The van der Waals surface area contributed by atoms with Crippen LogP contribution in [0.15, 0.2) is 51.8 Å². The Labute approximate surface area is 129 Å². The largest absolute Gasteiger partial charge is 0.399 e. The Bertz CT molecular complexity index is 808. The Morgan fingerprint density at radius 3 is 2.52 bits per heavy atom. The molecule has 0 aliphatic heterocycles. The number of hydrogen-bond donors (Lipinski definition) is 2. The molecule has 0 saturated heterocycles. The number of halogens is 1. The predicted molar refractivity (Wildman–Crippen MR) is 82.5 cm³/mol. The second-order valence-electron chi connectivity index (χ2n) is 4.10. The Balaban J connectivity index is 2.47. The predicted octanol–water partition coefficient (Wildman–Crippen LogP) is 2.74. The van der Waals surface area contributed by atoms with Gasteiger partial charge in [-0.1, -0.05) is 22.0 Å². The molecule has 2 rings (SSSR count). The fourth-order valence-corrected chi connectivity index (χ4v) is 3.27. The molecule has 0 atom stereocenters. The Hall–Kier alpha value is -2.13. The van der Waals surface area contributed by atoms with E-state index in [4.69, 9.17) is 5.73 Å². The summed E-state index contributed by atoms with van der Waals surface area (Å²) in [4.78, 5) is 9.75. The van der Waals surface area contributed by atoms with Crippen LogP contribution in [0.1, 0.15) is 0 Å². The summed E-state index contributed by atoms with van der Waals surface area (Å²) in [5, 5.41) is 11.0. The molecule has 2 aromatic rings. The van der Waals surface area contributed by atoms with Crippen molar-refractivity contribution in [3.8, 4) is 0 Å². The molecule has 0 heterocycles. The lowest BCUT2D eigenvalue weighted by atomic mass is 10.3. The van der Waals surface area contributed by atoms with Crippen molar-refractivity contribution < 1.29 is 13.3 Å². The molecule has 0 saturated carbocycles. The monoisotopic (exact) mass is 371 g/mol. The number of nitro groups is 1. The van der Waals surface area contributed by atoms with E-state index in [1.165, 1.54) is 12.1 Å². The van der Waals surface area contributed by atoms with E-state index in [2.05, 4.69) is 20.7 Å². The third kappa shape index (κ3) is 3.50. The molecule has 110 valence electrons. The third-order valence-corrected chi connectivity index (χ3v) is 4.47. The fraction of sp³-hybridized carbons (Fsp3) is 0. The molecule has 0 aliphatic rings. The maximum atomic E-state index is 12.3. The van der Waals surface area contributed by atoms with Gasteiger partial charge in [0.25, 0.3) is 15.7 Å². The first-order valence-corrected chi connectivity index (χ1v) is 7.89. The molecule has 0 fully saturated rings. The molecular formula is C12H10BrN3O4S. The maximum absolute atomic E-state index is 12.3. The highest BCUT2D eigenvalue weighted by Crippen LogP contribution is 2.28. The van der Waals surface area contributed by atoms with E-state index in [-0.39, 0.29) is 11.4 Å². The second-order valence-corrected chi connectivity index (χ2v) is 6.67. The van der Waals surface area contributed by atoms with Crippen LogP contribution >= 0.6 is 15.9 Å². The minimum Gasteiger partial charge on any atom is -0.399 e. The van der Waals surface area contributed by atoms with Gasteiger partial charge in [0.1, 0.15) is 0 Å². The number of nitrogen functional groups attached to an aromatic ring is 1. The summed E-state index contributed by atoms with van der Waals surface area (Å²) < 4.78 is 27.5. The van der Waals surface area contributed by atoms with Gasteiger partial charge in [-0.15, -0.1) is 0 Å². The van der Waals surface area contributed by atoms with Crippen LogP contribution in [0.3, 0.4) is 0 Å². The molecule has 0 aromatic heterocycles. The van der Waals surface area contributed by atoms with Gasteiger partial charge >= 0.3 is 0 Å². The molecule has 9 heteroatoms. The van der Waals surface area contributed by atoms with E-state index in [0.717, 1.165) is 12.1 Å². The van der Waals surface area contributed by atoms with E-state index >= 15 is 0 Å². The molecule has 0 unspecified atom stereocenters. The topological polar surface area (TPSA) is 115 Å². The van der Waals surface area contributed by atoms with Crippen LogP contribution in [0, 0.1) is 10.1 Å². The van der Waals surface area contributed by atoms with Gasteiger partial charge in [0.05, 0.1) is 4.92 Å². The number of rotatable bonds is 4. The van der Waals surface area contributed by atoms with Crippen molar-refractivity contribution in [1.29, 1.82) is 0 Å². The number of benzene rings is 2. The molecule has 0 aliphatic carbocycles. The van der Waals surface area contributed by atoms with E-state index in [1.54, 1.807) is 18.2 Å². The van der Waals surface area contributed by atoms with Crippen molar-refractivity contribution in [2.45, 2.75) is 4.90 Å². The van der Waals surface area contributed by atoms with Gasteiger partial charge in [0, 0.05) is 21.9 Å². The minimum atomic E-state index is -4.09. The summed E-state index contributed by atoms with van der Waals surface area (Å²) in [6.07, 6.45) is 0.